The van der Waals surface area contributed by atoms with Gasteiger partial charge in [0.2, 0.25) is 0 Å². The van der Waals surface area contributed by atoms with Crippen LogP contribution in [0.25, 0.3) is 11.0 Å². The maximum absolute atomic E-state index is 12.9. The first-order valence-corrected chi connectivity index (χ1v) is 10.2. The van der Waals surface area contributed by atoms with Crippen LogP contribution in [0.1, 0.15) is 47.3 Å². The molecule has 6 nitrogen and oxygen atoms in total. The number of carbonyl (C=O) groups is 1. The van der Waals surface area contributed by atoms with Crippen LogP contribution in [-0.2, 0) is 4.74 Å². The Morgan fingerprint density at radius 1 is 1.17 bits per heavy atom. The number of aryl methyl sites for hydroxylation is 1. The van der Waals surface area contributed by atoms with Crippen molar-refractivity contribution in [2.45, 2.75) is 32.7 Å². The van der Waals surface area contributed by atoms with E-state index in [0.717, 1.165) is 37.1 Å². The number of hydrogen-bond acceptors (Lipinski definition) is 6. The molecule has 1 unspecified atom stereocenters. The smallest absolute Gasteiger partial charge is 0.339 e. The molecule has 1 saturated heterocycles. The molecule has 0 amide bonds. The molecular weight excluding hydrogens is 380 g/mol. The number of fused-ring (bicyclic) bond motifs is 1. The van der Waals surface area contributed by atoms with Gasteiger partial charge in [-0.05, 0) is 50.5 Å². The minimum atomic E-state index is -0.401. The van der Waals surface area contributed by atoms with Gasteiger partial charge in [-0.25, -0.2) is 4.79 Å². The molecule has 0 saturated carbocycles. The molecule has 3 aromatic rings. The van der Waals surface area contributed by atoms with Crippen molar-refractivity contribution in [3.8, 4) is 0 Å². The summed E-state index contributed by atoms with van der Waals surface area (Å²) in [6.07, 6.45) is 2.20. The second-order valence-corrected chi connectivity index (χ2v) is 7.78. The van der Waals surface area contributed by atoms with E-state index in [1.165, 1.54) is 7.11 Å². The van der Waals surface area contributed by atoms with E-state index in [-0.39, 0.29) is 11.5 Å². The van der Waals surface area contributed by atoms with Crippen LogP contribution in [0.15, 0.2) is 51.7 Å². The minimum absolute atomic E-state index is 0.0368. The van der Waals surface area contributed by atoms with Gasteiger partial charge in [-0.2, -0.15) is 0 Å². The van der Waals surface area contributed by atoms with E-state index in [2.05, 4.69) is 10.2 Å². The van der Waals surface area contributed by atoms with Crippen LogP contribution in [0, 0.1) is 6.92 Å². The zero-order chi connectivity index (χ0) is 21.3. The first-order valence-electron chi connectivity index (χ1n) is 10.2. The lowest BCUT2D eigenvalue weighted by molar-refractivity contribution is 0.0602. The Kier molecular flexibility index (Phi) is 5.48. The molecule has 156 valence electrons. The number of nitrogens with one attached hydrogen (secondary N) is 1. The van der Waals surface area contributed by atoms with Gasteiger partial charge in [-0.1, -0.05) is 18.2 Å². The van der Waals surface area contributed by atoms with Crippen molar-refractivity contribution >= 4 is 28.5 Å². The van der Waals surface area contributed by atoms with E-state index in [0.29, 0.717) is 28.1 Å². The monoisotopic (exact) mass is 406 g/mol. The molecule has 30 heavy (non-hydrogen) atoms. The second kappa shape index (κ2) is 8.22. The summed E-state index contributed by atoms with van der Waals surface area (Å²) in [5.74, 6) is 0.222. The SMILES string of the molecule is COC(=O)c1ccccc1NC(C)c1cc(C)cc2c(=O)cc(N3CCCC3)oc12. The van der Waals surface area contributed by atoms with Crippen molar-refractivity contribution in [1.29, 1.82) is 0 Å². The van der Waals surface area contributed by atoms with E-state index in [1.807, 2.05) is 38.1 Å². The normalized spacial score (nSPS) is 14.7. The summed E-state index contributed by atoms with van der Waals surface area (Å²) in [5.41, 5.74) is 3.54. The summed E-state index contributed by atoms with van der Waals surface area (Å²) in [7, 11) is 1.37. The lowest BCUT2D eigenvalue weighted by Gasteiger charge is -2.21. The molecule has 0 bridgehead atoms. The van der Waals surface area contributed by atoms with E-state index < -0.39 is 5.97 Å². The molecule has 1 fully saturated rings. The Bertz CT molecular complexity index is 1150. The standard InChI is InChI=1S/C24H26N2O4/c1-15-12-18(16(2)25-20-9-5-4-8-17(20)24(28)29-3)23-19(13-15)21(27)14-22(30-23)26-10-6-7-11-26/h4-5,8-9,12-14,16,25H,6-7,10-11H2,1-3H3. The minimum Gasteiger partial charge on any atom is -0.465 e. The Morgan fingerprint density at radius 2 is 1.90 bits per heavy atom. The zero-order valence-corrected chi connectivity index (χ0v) is 17.5. The van der Waals surface area contributed by atoms with Gasteiger partial charge in [-0.15, -0.1) is 0 Å². The highest BCUT2D eigenvalue weighted by molar-refractivity contribution is 5.95. The molecule has 1 aliphatic heterocycles. The summed E-state index contributed by atoms with van der Waals surface area (Å²) in [6, 6.07) is 12.5. The Morgan fingerprint density at radius 3 is 2.63 bits per heavy atom. The lowest BCUT2D eigenvalue weighted by atomic mass is 10.0. The maximum atomic E-state index is 12.9. The number of methoxy groups -OCH3 is 1. The van der Waals surface area contributed by atoms with Gasteiger partial charge in [0.15, 0.2) is 11.3 Å². The number of rotatable bonds is 5. The van der Waals surface area contributed by atoms with Crippen molar-refractivity contribution in [2.24, 2.45) is 0 Å². The number of hydrogen-bond donors (Lipinski definition) is 1. The van der Waals surface area contributed by atoms with Gasteiger partial charge in [0.05, 0.1) is 24.1 Å². The summed E-state index contributed by atoms with van der Waals surface area (Å²) < 4.78 is 11.2. The summed E-state index contributed by atoms with van der Waals surface area (Å²) in [6.45, 7) is 5.75. The Labute approximate surface area is 175 Å². The molecule has 0 aliphatic carbocycles. The third-order valence-corrected chi connectivity index (χ3v) is 5.58. The quantitative estimate of drug-likeness (QED) is 0.621. The highest BCUT2D eigenvalue weighted by atomic mass is 16.5. The van der Waals surface area contributed by atoms with Crippen molar-refractivity contribution in [1.82, 2.24) is 0 Å². The largest absolute Gasteiger partial charge is 0.465 e. The second-order valence-electron chi connectivity index (χ2n) is 7.78. The van der Waals surface area contributed by atoms with E-state index in [9.17, 15) is 9.59 Å². The fraction of sp³-hybridized carbons (Fsp3) is 0.333. The Balaban J connectivity index is 1.78. The average molecular weight is 406 g/mol. The fourth-order valence-corrected chi connectivity index (χ4v) is 4.05. The molecule has 0 radical (unpaired) electrons. The molecule has 2 heterocycles. The van der Waals surface area contributed by atoms with Crippen LogP contribution in [-0.4, -0.2) is 26.2 Å². The van der Waals surface area contributed by atoms with Gasteiger partial charge < -0.3 is 19.4 Å². The van der Waals surface area contributed by atoms with Gasteiger partial charge in [0.1, 0.15) is 5.58 Å². The predicted molar refractivity (Wildman–Crippen MR) is 118 cm³/mol. The summed E-state index contributed by atoms with van der Waals surface area (Å²) in [5, 5.41) is 3.97. The third-order valence-electron chi connectivity index (χ3n) is 5.58. The fourth-order valence-electron chi connectivity index (χ4n) is 4.05. The average Bonchev–Trinajstić information content (AvgIpc) is 3.28. The first-order chi connectivity index (χ1) is 14.5. The van der Waals surface area contributed by atoms with E-state index in [1.54, 1.807) is 18.2 Å². The number of para-hydroxylation sites is 1. The number of carbonyl (C=O) groups excluding carboxylic acids is 1. The molecule has 6 heteroatoms. The maximum Gasteiger partial charge on any atom is 0.339 e. The van der Waals surface area contributed by atoms with Gasteiger partial charge >= 0.3 is 5.97 Å². The van der Waals surface area contributed by atoms with Crippen LogP contribution in [0.4, 0.5) is 11.6 Å². The number of anilines is 2. The van der Waals surface area contributed by atoms with Crippen molar-refractivity contribution in [3.63, 3.8) is 0 Å². The van der Waals surface area contributed by atoms with Crippen LogP contribution in [0.5, 0.6) is 0 Å². The summed E-state index contributed by atoms with van der Waals surface area (Å²) >= 11 is 0. The van der Waals surface area contributed by atoms with Crippen molar-refractivity contribution < 1.29 is 13.9 Å². The number of nitrogens with zero attached hydrogens (tertiary/aromatic N) is 1. The molecule has 1 atom stereocenters. The van der Waals surface area contributed by atoms with Crippen molar-refractivity contribution in [2.75, 3.05) is 30.4 Å². The third kappa shape index (κ3) is 3.77. The number of esters is 1. The lowest BCUT2D eigenvalue weighted by Crippen LogP contribution is -2.20. The zero-order valence-electron chi connectivity index (χ0n) is 17.5. The van der Waals surface area contributed by atoms with E-state index >= 15 is 0 Å². The van der Waals surface area contributed by atoms with Crippen molar-refractivity contribution in [3.05, 3.63) is 69.4 Å². The molecule has 4 rings (SSSR count). The Hall–Kier alpha value is -3.28. The topological polar surface area (TPSA) is 71.8 Å². The van der Waals surface area contributed by atoms with Crippen LogP contribution < -0.4 is 15.6 Å². The van der Waals surface area contributed by atoms with Gasteiger partial charge in [-0.3, -0.25) is 4.79 Å². The van der Waals surface area contributed by atoms with Crippen LogP contribution in [0.3, 0.4) is 0 Å². The number of benzene rings is 2. The van der Waals surface area contributed by atoms with E-state index in [4.69, 9.17) is 9.15 Å². The summed E-state index contributed by atoms with van der Waals surface area (Å²) in [4.78, 5) is 27.1. The highest BCUT2D eigenvalue weighted by Gasteiger charge is 2.21. The van der Waals surface area contributed by atoms with Crippen LogP contribution in [0.2, 0.25) is 0 Å². The predicted octanol–water partition coefficient (Wildman–Crippen LogP) is 4.66. The number of ether oxygens (including phenoxy) is 1. The molecular formula is C24H26N2O4. The van der Waals surface area contributed by atoms with Gasteiger partial charge in [0.25, 0.3) is 0 Å². The molecule has 1 aliphatic rings. The molecule has 0 spiro atoms. The molecule has 1 aromatic heterocycles. The van der Waals surface area contributed by atoms with Crippen LogP contribution >= 0.6 is 0 Å². The molecule has 1 N–H and O–H groups in total. The highest BCUT2D eigenvalue weighted by Crippen LogP contribution is 2.31. The first kappa shape index (κ1) is 20.0. The van der Waals surface area contributed by atoms with Gasteiger partial charge in [0, 0.05) is 30.4 Å². The molecule has 2 aromatic carbocycles.